The molecule has 2 rings (SSSR count). The van der Waals surface area contributed by atoms with Crippen LogP contribution >= 0.6 is 23.2 Å². The quantitative estimate of drug-likeness (QED) is 0.497. The van der Waals surface area contributed by atoms with Crippen molar-refractivity contribution in [3.63, 3.8) is 0 Å². The van der Waals surface area contributed by atoms with Crippen LogP contribution in [0.3, 0.4) is 0 Å². The van der Waals surface area contributed by atoms with Crippen LogP contribution in [0.4, 0.5) is 0 Å². The Morgan fingerprint density at radius 2 is 1.70 bits per heavy atom. The lowest BCUT2D eigenvalue weighted by atomic mass is 9.75. The van der Waals surface area contributed by atoms with E-state index in [1.807, 2.05) is 69.3 Å². The van der Waals surface area contributed by atoms with Gasteiger partial charge in [-0.2, -0.15) is 0 Å². The second-order valence-corrected chi connectivity index (χ2v) is 10.7. The summed E-state index contributed by atoms with van der Waals surface area (Å²) in [5, 5.41) is 1.35. The molecule has 3 atom stereocenters. The number of allylic oxidation sites excluding steroid dienone is 1. The highest BCUT2D eigenvalue weighted by atomic mass is 35.5. The number of nitrogens with one attached hydrogen (secondary N) is 1. The van der Waals surface area contributed by atoms with Gasteiger partial charge < -0.3 is 0 Å². The topological polar surface area (TPSA) is 29.1 Å². The zero-order chi connectivity index (χ0) is 20.2. The van der Waals surface area contributed by atoms with Crippen LogP contribution < -0.4 is 4.72 Å². The number of hydrogen-bond acceptors (Lipinski definition) is 1. The van der Waals surface area contributed by atoms with Gasteiger partial charge in [-0.15, -0.1) is 6.58 Å². The van der Waals surface area contributed by atoms with Crippen LogP contribution in [0, 0.1) is 0 Å². The van der Waals surface area contributed by atoms with Crippen LogP contribution in [0.2, 0.25) is 10.0 Å². The molecule has 0 bridgehead atoms. The van der Waals surface area contributed by atoms with E-state index in [-0.39, 0.29) is 5.92 Å². The van der Waals surface area contributed by atoms with E-state index < -0.39 is 21.3 Å². The minimum atomic E-state index is -1.27. The molecule has 1 N–H and O–H groups in total. The normalized spacial score (nSPS) is 16.4. The Bertz CT molecular complexity index is 814. The molecular formula is C22H27Cl2NOS. The third-order valence-corrected chi connectivity index (χ3v) is 6.86. The third-order valence-electron chi connectivity index (χ3n) is 4.66. The van der Waals surface area contributed by atoms with Crippen molar-refractivity contribution in [2.45, 2.75) is 50.3 Å². The van der Waals surface area contributed by atoms with Gasteiger partial charge in [-0.1, -0.05) is 53.5 Å². The van der Waals surface area contributed by atoms with Crippen molar-refractivity contribution in [2.75, 3.05) is 0 Å². The molecule has 0 aliphatic heterocycles. The number of hydrogen-bond donors (Lipinski definition) is 1. The molecule has 146 valence electrons. The van der Waals surface area contributed by atoms with Gasteiger partial charge in [0.05, 0.1) is 21.3 Å². The largest absolute Gasteiger partial charge is 0.242 e. The van der Waals surface area contributed by atoms with Crippen molar-refractivity contribution in [3.8, 4) is 0 Å². The van der Waals surface area contributed by atoms with Gasteiger partial charge in [0.1, 0.15) is 0 Å². The second-order valence-electron chi connectivity index (χ2n) is 7.82. The van der Waals surface area contributed by atoms with E-state index in [1.165, 1.54) is 0 Å². The molecule has 0 fully saturated rings. The lowest BCUT2D eigenvalue weighted by molar-refractivity contribution is 0.353. The highest BCUT2D eigenvalue weighted by Crippen LogP contribution is 2.41. The molecule has 0 radical (unpaired) electrons. The van der Waals surface area contributed by atoms with E-state index in [2.05, 4.69) is 24.3 Å². The van der Waals surface area contributed by atoms with Crippen LogP contribution in [0.15, 0.2) is 61.2 Å². The first kappa shape index (κ1) is 22.2. The Morgan fingerprint density at radius 1 is 1.07 bits per heavy atom. The summed E-state index contributed by atoms with van der Waals surface area (Å²) in [5.74, 6) is -0.0128. The van der Waals surface area contributed by atoms with E-state index in [0.29, 0.717) is 16.5 Å². The molecule has 0 saturated carbocycles. The monoisotopic (exact) mass is 423 g/mol. The summed E-state index contributed by atoms with van der Waals surface area (Å²) >= 11 is 12.4. The molecule has 27 heavy (non-hydrogen) atoms. The summed E-state index contributed by atoms with van der Waals surface area (Å²) < 4.78 is 16.1. The van der Waals surface area contributed by atoms with E-state index in [0.717, 1.165) is 11.1 Å². The van der Waals surface area contributed by atoms with Gasteiger partial charge in [0.2, 0.25) is 0 Å². The van der Waals surface area contributed by atoms with Crippen molar-refractivity contribution < 1.29 is 4.21 Å². The molecule has 0 heterocycles. The summed E-state index contributed by atoms with van der Waals surface area (Å²) in [5.41, 5.74) is 1.47. The van der Waals surface area contributed by atoms with Crippen LogP contribution in [0.1, 0.15) is 51.2 Å². The Hall–Kier alpha value is -1.13. The minimum absolute atomic E-state index is 0.0128. The van der Waals surface area contributed by atoms with Crippen LogP contribution in [-0.4, -0.2) is 8.96 Å². The molecular weight excluding hydrogens is 397 g/mol. The molecule has 2 aromatic rings. The van der Waals surface area contributed by atoms with Gasteiger partial charge in [0.15, 0.2) is 0 Å². The average Bonchev–Trinajstić information content (AvgIpc) is 2.59. The fourth-order valence-electron chi connectivity index (χ4n) is 3.07. The van der Waals surface area contributed by atoms with Crippen molar-refractivity contribution in [1.82, 2.24) is 4.72 Å². The maximum Gasteiger partial charge on any atom is 0.0978 e. The fourth-order valence-corrected chi connectivity index (χ4v) is 4.34. The molecule has 5 heteroatoms. The second kappa shape index (κ2) is 8.91. The molecule has 0 aromatic heterocycles. The Balaban J connectivity index is 2.62. The number of benzene rings is 2. The van der Waals surface area contributed by atoms with Crippen molar-refractivity contribution in [1.29, 1.82) is 0 Å². The maximum atomic E-state index is 13.0. The summed E-state index contributed by atoms with van der Waals surface area (Å²) in [6.07, 6.45) is 2.59. The first-order valence-electron chi connectivity index (χ1n) is 8.90. The molecule has 2 nitrogen and oxygen atoms in total. The highest BCUT2D eigenvalue weighted by Gasteiger charge is 2.39. The Kier molecular flexibility index (Phi) is 7.32. The summed E-state index contributed by atoms with van der Waals surface area (Å²) in [6.45, 7) is 11.9. The first-order chi connectivity index (χ1) is 12.6. The van der Waals surface area contributed by atoms with Crippen LogP contribution in [-0.2, 0) is 16.5 Å². The van der Waals surface area contributed by atoms with Gasteiger partial charge in [0, 0.05) is 16.0 Å². The standard InChI is InChI=1S/C22H27Cl2NOS/c1-6-8-20(16-9-7-10-19(24)15-16)22(5,25-27(26)21(2,3)4)17-11-13-18(23)14-12-17/h6-7,9-15,20,25H,1,8H2,2-5H3/t20-,22+,27?/m0/s1. The van der Waals surface area contributed by atoms with E-state index in [9.17, 15) is 4.21 Å². The van der Waals surface area contributed by atoms with Gasteiger partial charge in [0.25, 0.3) is 0 Å². The lowest BCUT2D eigenvalue weighted by Crippen LogP contribution is -2.49. The first-order valence-corrected chi connectivity index (χ1v) is 10.8. The molecule has 1 unspecified atom stereocenters. The summed E-state index contributed by atoms with van der Waals surface area (Å²) in [4.78, 5) is 0. The zero-order valence-corrected chi connectivity index (χ0v) is 18.6. The zero-order valence-electron chi connectivity index (χ0n) is 16.3. The summed E-state index contributed by atoms with van der Waals surface area (Å²) in [7, 11) is -1.27. The smallest absolute Gasteiger partial charge is 0.0978 e. The fraction of sp³-hybridized carbons (Fsp3) is 0.364. The van der Waals surface area contributed by atoms with Crippen LogP contribution in [0.25, 0.3) is 0 Å². The molecule has 0 amide bonds. The van der Waals surface area contributed by atoms with Gasteiger partial charge in [-0.05, 0) is 69.5 Å². The van der Waals surface area contributed by atoms with Crippen LogP contribution in [0.5, 0.6) is 0 Å². The Labute approximate surface area is 175 Å². The number of halogens is 2. The Morgan fingerprint density at radius 3 is 2.22 bits per heavy atom. The lowest BCUT2D eigenvalue weighted by Gasteiger charge is -2.40. The van der Waals surface area contributed by atoms with Gasteiger partial charge in [-0.3, -0.25) is 0 Å². The number of rotatable bonds is 7. The minimum Gasteiger partial charge on any atom is -0.242 e. The average molecular weight is 424 g/mol. The van der Waals surface area contributed by atoms with E-state index >= 15 is 0 Å². The third kappa shape index (κ3) is 5.45. The SMILES string of the molecule is C=CC[C@@H](c1cccc(Cl)c1)[C@](C)(NS(=O)C(C)(C)C)c1ccc(Cl)cc1. The van der Waals surface area contributed by atoms with E-state index in [4.69, 9.17) is 23.2 Å². The molecule has 0 aliphatic carbocycles. The maximum absolute atomic E-state index is 13.0. The van der Waals surface area contributed by atoms with Crippen molar-refractivity contribution in [2.24, 2.45) is 0 Å². The van der Waals surface area contributed by atoms with Gasteiger partial charge in [-0.25, -0.2) is 8.93 Å². The highest BCUT2D eigenvalue weighted by molar-refractivity contribution is 7.84. The summed E-state index contributed by atoms with van der Waals surface area (Å²) in [6, 6.07) is 15.5. The van der Waals surface area contributed by atoms with Crippen molar-refractivity contribution >= 4 is 34.2 Å². The van der Waals surface area contributed by atoms with E-state index in [1.54, 1.807) is 0 Å². The predicted octanol–water partition coefficient (Wildman–Crippen LogP) is 6.62. The van der Waals surface area contributed by atoms with Crippen molar-refractivity contribution in [3.05, 3.63) is 82.4 Å². The molecule has 0 spiro atoms. The molecule has 2 aromatic carbocycles. The predicted molar refractivity (Wildman–Crippen MR) is 119 cm³/mol. The molecule has 0 aliphatic rings. The molecule has 0 saturated heterocycles. The van der Waals surface area contributed by atoms with Gasteiger partial charge >= 0.3 is 0 Å².